The van der Waals surface area contributed by atoms with Gasteiger partial charge in [-0.1, -0.05) is 47.2 Å². The van der Waals surface area contributed by atoms with Crippen LogP contribution in [0.5, 0.6) is 0 Å². The van der Waals surface area contributed by atoms with Gasteiger partial charge in [-0.15, -0.1) is 12.4 Å². The molecule has 1 aliphatic rings. The second kappa shape index (κ2) is 9.82. The molecule has 1 N–H and O–H groups in total. The van der Waals surface area contributed by atoms with Gasteiger partial charge in [-0.2, -0.15) is 0 Å². The van der Waals surface area contributed by atoms with Crippen molar-refractivity contribution in [3.63, 3.8) is 0 Å². The summed E-state index contributed by atoms with van der Waals surface area (Å²) in [5.74, 6) is 0. The predicted octanol–water partition coefficient (Wildman–Crippen LogP) is 3.69. The second-order valence-corrected chi connectivity index (χ2v) is 7.21. The molecular formula is C19H24ClN3OS. The molecule has 0 spiro atoms. The van der Waals surface area contributed by atoms with E-state index in [0.29, 0.717) is 6.54 Å². The summed E-state index contributed by atoms with van der Waals surface area (Å²) in [6.07, 6.45) is 0. The molecule has 0 aromatic heterocycles. The quantitative estimate of drug-likeness (QED) is 0.490. The summed E-state index contributed by atoms with van der Waals surface area (Å²) >= 11 is 1.73. The van der Waals surface area contributed by atoms with Crippen LogP contribution in [0.1, 0.15) is 5.56 Å². The molecule has 1 aliphatic heterocycles. The van der Waals surface area contributed by atoms with E-state index in [1.807, 2.05) is 30.3 Å². The van der Waals surface area contributed by atoms with Crippen molar-refractivity contribution in [2.24, 2.45) is 5.16 Å². The van der Waals surface area contributed by atoms with Gasteiger partial charge in [0, 0.05) is 48.1 Å². The van der Waals surface area contributed by atoms with Gasteiger partial charge in [-0.3, -0.25) is 4.90 Å². The number of rotatable bonds is 5. The van der Waals surface area contributed by atoms with E-state index in [1.54, 1.807) is 11.8 Å². The maximum absolute atomic E-state index is 9.41. The lowest BCUT2D eigenvalue weighted by molar-refractivity contribution is 0.169. The van der Waals surface area contributed by atoms with Gasteiger partial charge >= 0.3 is 0 Å². The molecule has 2 aromatic carbocycles. The van der Waals surface area contributed by atoms with Crippen LogP contribution in [0.15, 0.2) is 69.5 Å². The number of halogens is 1. The molecular weight excluding hydrogens is 354 g/mol. The molecule has 1 saturated heterocycles. The molecule has 1 heterocycles. The fraction of sp³-hybridized carbons (Fsp3) is 0.316. The normalized spacial score (nSPS) is 16.4. The van der Waals surface area contributed by atoms with Gasteiger partial charge in [0.1, 0.15) is 5.71 Å². The Bertz CT molecular complexity index is 671. The monoisotopic (exact) mass is 377 g/mol. The van der Waals surface area contributed by atoms with Crippen molar-refractivity contribution in [2.45, 2.75) is 9.79 Å². The molecule has 0 amide bonds. The Balaban J connectivity index is 0.00000225. The number of hydrogen-bond donors (Lipinski definition) is 1. The molecule has 1 fully saturated rings. The molecule has 0 unspecified atom stereocenters. The largest absolute Gasteiger partial charge is 0.411 e. The Labute approximate surface area is 159 Å². The van der Waals surface area contributed by atoms with Gasteiger partial charge in [0.15, 0.2) is 0 Å². The molecule has 0 saturated carbocycles. The van der Waals surface area contributed by atoms with E-state index in [-0.39, 0.29) is 12.4 Å². The first-order valence-electron chi connectivity index (χ1n) is 8.20. The third-order valence-electron chi connectivity index (χ3n) is 4.26. The van der Waals surface area contributed by atoms with Crippen molar-refractivity contribution >= 4 is 29.9 Å². The van der Waals surface area contributed by atoms with Crippen molar-refractivity contribution in [1.29, 1.82) is 0 Å². The minimum atomic E-state index is 0. The molecule has 0 radical (unpaired) electrons. The van der Waals surface area contributed by atoms with Gasteiger partial charge in [0.25, 0.3) is 0 Å². The lowest BCUT2D eigenvalue weighted by atomic mass is 10.1. The van der Waals surface area contributed by atoms with Crippen LogP contribution in [-0.2, 0) is 0 Å². The van der Waals surface area contributed by atoms with Gasteiger partial charge in [-0.05, 0) is 31.3 Å². The fourth-order valence-electron chi connectivity index (χ4n) is 2.74. The van der Waals surface area contributed by atoms with Crippen molar-refractivity contribution in [2.75, 3.05) is 39.8 Å². The number of benzene rings is 2. The molecule has 25 heavy (non-hydrogen) atoms. The summed E-state index contributed by atoms with van der Waals surface area (Å²) in [5.41, 5.74) is 1.71. The van der Waals surface area contributed by atoms with Crippen LogP contribution >= 0.6 is 24.2 Å². The van der Waals surface area contributed by atoms with Crippen LogP contribution in [0, 0.1) is 0 Å². The lowest BCUT2D eigenvalue weighted by Crippen LogP contribution is -2.46. The molecule has 134 valence electrons. The third-order valence-corrected chi connectivity index (χ3v) is 5.27. The Hall–Kier alpha value is -1.53. The van der Waals surface area contributed by atoms with E-state index in [0.717, 1.165) is 37.5 Å². The molecule has 0 bridgehead atoms. The minimum absolute atomic E-state index is 0. The highest BCUT2D eigenvalue weighted by Gasteiger charge is 2.16. The first kappa shape index (κ1) is 19.8. The lowest BCUT2D eigenvalue weighted by Gasteiger charge is -2.32. The van der Waals surface area contributed by atoms with Crippen LogP contribution in [0.4, 0.5) is 0 Å². The molecule has 6 heteroatoms. The molecule has 3 rings (SSSR count). The maximum Gasteiger partial charge on any atom is 0.101 e. The van der Waals surface area contributed by atoms with E-state index in [1.165, 1.54) is 9.79 Å². The SMILES string of the molecule is CN1CCN(CC(=NO)c2ccc(Sc3ccccc3)cc2)CC1.Cl. The van der Waals surface area contributed by atoms with E-state index in [2.05, 4.69) is 46.3 Å². The fourth-order valence-corrected chi connectivity index (χ4v) is 3.58. The maximum atomic E-state index is 9.41. The van der Waals surface area contributed by atoms with E-state index < -0.39 is 0 Å². The Morgan fingerprint density at radius 2 is 1.56 bits per heavy atom. The smallest absolute Gasteiger partial charge is 0.101 e. The zero-order valence-electron chi connectivity index (χ0n) is 14.3. The van der Waals surface area contributed by atoms with Crippen LogP contribution in [-0.4, -0.2) is 60.5 Å². The number of hydrogen-bond acceptors (Lipinski definition) is 5. The van der Waals surface area contributed by atoms with Gasteiger partial charge in [-0.25, -0.2) is 0 Å². The van der Waals surface area contributed by atoms with E-state index >= 15 is 0 Å². The minimum Gasteiger partial charge on any atom is -0.411 e. The highest BCUT2D eigenvalue weighted by Crippen LogP contribution is 2.27. The number of likely N-dealkylation sites (N-methyl/N-ethyl adjacent to an activating group) is 1. The van der Waals surface area contributed by atoms with Crippen LogP contribution in [0.25, 0.3) is 0 Å². The number of piperazine rings is 1. The summed E-state index contributed by atoms with van der Waals surface area (Å²) in [6, 6.07) is 18.6. The highest BCUT2D eigenvalue weighted by atomic mass is 35.5. The van der Waals surface area contributed by atoms with Crippen molar-refractivity contribution in [3.8, 4) is 0 Å². The van der Waals surface area contributed by atoms with Gasteiger partial charge in [0.05, 0.1) is 0 Å². The van der Waals surface area contributed by atoms with Crippen LogP contribution in [0.3, 0.4) is 0 Å². The summed E-state index contributed by atoms with van der Waals surface area (Å²) in [4.78, 5) is 7.06. The van der Waals surface area contributed by atoms with E-state index in [4.69, 9.17) is 0 Å². The summed E-state index contributed by atoms with van der Waals surface area (Å²) in [6.45, 7) is 4.83. The van der Waals surface area contributed by atoms with Crippen molar-refractivity contribution < 1.29 is 5.21 Å². The molecule has 2 aromatic rings. The van der Waals surface area contributed by atoms with Crippen molar-refractivity contribution in [3.05, 3.63) is 60.2 Å². The van der Waals surface area contributed by atoms with E-state index in [9.17, 15) is 5.21 Å². The zero-order valence-corrected chi connectivity index (χ0v) is 16.0. The number of nitrogens with zero attached hydrogens (tertiary/aromatic N) is 3. The summed E-state index contributed by atoms with van der Waals surface area (Å²) in [5, 5.41) is 13.0. The Kier molecular flexibility index (Phi) is 7.78. The second-order valence-electron chi connectivity index (χ2n) is 6.07. The topological polar surface area (TPSA) is 39.1 Å². The van der Waals surface area contributed by atoms with Crippen LogP contribution in [0.2, 0.25) is 0 Å². The van der Waals surface area contributed by atoms with Crippen LogP contribution < -0.4 is 0 Å². The standard InChI is InChI=1S/C19H23N3OS.ClH/c1-21-11-13-22(14-12-21)15-19(20-23)16-7-9-18(10-8-16)24-17-5-3-2-4-6-17;/h2-10,23H,11-15H2,1H3;1H. The average molecular weight is 378 g/mol. The molecule has 0 atom stereocenters. The summed E-state index contributed by atoms with van der Waals surface area (Å²) in [7, 11) is 2.14. The number of oxime groups is 1. The molecule has 4 nitrogen and oxygen atoms in total. The first-order valence-corrected chi connectivity index (χ1v) is 9.01. The van der Waals surface area contributed by atoms with Crippen molar-refractivity contribution in [1.82, 2.24) is 9.80 Å². The third kappa shape index (κ3) is 5.75. The zero-order chi connectivity index (χ0) is 16.8. The average Bonchev–Trinajstić information content (AvgIpc) is 2.63. The Morgan fingerprint density at radius 1 is 0.960 bits per heavy atom. The highest BCUT2D eigenvalue weighted by molar-refractivity contribution is 7.99. The van der Waals surface area contributed by atoms with Gasteiger partial charge in [0.2, 0.25) is 0 Å². The Morgan fingerprint density at radius 3 is 2.16 bits per heavy atom. The summed E-state index contributed by atoms with van der Waals surface area (Å²) < 4.78 is 0. The molecule has 0 aliphatic carbocycles. The predicted molar refractivity (Wildman–Crippen MR) is 107 cm³/mol. The van der Waals surface area contributed by atoms with Gasteiger partial charge < -0.3 is 10.1 Å². The first-order chi connectivity index (χ1) is 11.7.